The van der Waals surface area contributed by atoms with Crippen molar-refractivity contribution in [1.82, 2.24) is 73.4 Å². The van der Waals surface area contributed by atoms with Crippen LogP contribution < -0.4 is 34.0 Å². The highest BCUT2D eigenvalue weighted by Gasteiger charge is 2.54. The van der Waals surface area contributed by atoms with E-state index in [9.17, 15) is 59.5 Å². The Morgan fingerprint density at radius 1 is 0.589 bits per heavy atom. The van der Waals surface area contributed by atoms with E-state index in [4.69, 9.17) is 45.4 Å². The minimum atomic E-state index is -4.83. The fourth-order valence-electron chi connectivity index (χ4n) is 16.5. The monoisotopic (exact) mass is 1560 g/mol. The highest BCUT2D eigenvalue weighted by atomic mass is 35.5. The number of nitrogens with zero attached hydrogens (tertiary/aromatic N) is 15. The van der Waals surface area contributed by atoms with Crippen LogP contribution in [0.25, 0.3) is 33.9 Å². The van der Waals surface area contributed by atoms with Crippen LogP contribution in [0.4, 0.5) is 48.2 Å². The number of anilines is 3. The molecule has 3 aliphatic carbocycles. The number of hydrogen-bond acceptors (Lipinski definition) is 15. The summed E-state index contributed by atoms with van der Waals surface area (Å²) in [4.78, 5) is 78.8. The van der Waals surface area contributed by atoms with Crippen molar-refractivity contribution in [3.63, 3.8) is 0 Å². The Morgan fingerprint density at radius 2 is 1.05 bits per heavy atom. The van der Waals surface area contributed by atoms with Crippen LogP contribution in [-0.4, -0.2) is 155 Å². The summed E-state index contributed by atoms with van der Waals surface area (Å²) in [5, 5.41) is 30.8. The van der Waals surface area contributed by atoms with Crippen molar-refractivity contribution < 1.29 is 59.5 Å². The van der Waals surface area contributed by atoms with E-state index in [0.717, 1.165) is 75.3 Å². The van der Waals surface area contributed by atoms with Gasteiger partial charge in [-0.1, -0.05) is 66.4 Å². The zero-order chi connectivity index (χ0) is 80.1. The first-order chi connectivity index (χ1) is 53.2. The van der Waals surface area contributed by atoms with Crippen LogP contribution >= 0.6 is 11.6 Å². The molecule has 6 aromatic heterocycles. The molecule has 9 heterocycles. The van der Waals surface area contributed by atoms with Crippen LogP contribution in [0.15, 0.2) is 116 Å². The average Bonchev–Trinajstić information content (AvgIpc) is 1.59. The Labute approximate surface area is 642 Å². The van der Waals surface area contributed by atoms with Gasteiger partial charge in [-0.2, -0.15) is 56.9 Å². The number of nitrogens with one attached hydrogen (secondary N) is 1. The van der Waals surface area contributed by atoms with E-state index in [0.29, 0.717) is 103 Å². The molecule has 3 saturated heterocycles. The number of amides is 6. The summed E-state index contributed by atoms with van der Waals surface area (Å²) < 4.78 is 102. The van der Waals surface area contributed by atoms with Crippen molar-refractivity contribution in [3.05, 3.63) is 172 Å². The van der Waals surface area contributed by atoms with E-state index >= 15 is 0 Å². The molecule has 0 atom stereocenters. The molecule has 6 amide bonds. The molecule has 6 fully saturated rings. The molecule has 0 bridgehead atoms. The van der Waals surface area contributed by atoms with E-state index in [1.165, 1.54) is 40.0 Å². The minimum Gasteiger partial charge on any atom is -0.383 e. The maximum Gasteiger partial charge on any atom is 0.419 e. The third-order valence-corrected chi connectivity index (χ3v) is 22.2. The summed E-state index contributed by atoms with van der Waals surface area (Å²) >= 11 is 6.11. The predicted molar refractivity (Wildman–Crippen MR) is 399 cm³/mol. The molecule has 112 heavy (non-hydrogen) atoms. The van der Waals surface area contributed by atoms with Gasteiger partial charge < -0.3 is 48.7 Å². The lowest BCUT2D eigenvalue weighted by atomic mass is 9.65. The SMILES string of the molecule is C=CC(=O)N1CCC2(CC(n3nc(-c4cnn(Cc5cccc(C(F)(F)F)c5F)c4)c(C(N)=O)c3N)C2)C1.CC#CC(=O)N1CCC2(CC(n3nc(-c4ccn(Cc5cccc(C(F)(F)F)c5)n4)c(C(N)=O)c3N)C2)C1.CC#CC(=O)N1CCC2(CC(n3nc(-c4cnn(Cc5cccc(Cl)c5)c4)c(C(N)=O)c3NC)C2)C1. The quantitative estimate of drug-likeness (QED) is 0.0281. The van der Waals surface area contributed by atoms with Crippen LogP contribution in [0.3, 0.4) is 0 Å². The number of carbonyl (C=O) groups excluding carboxylic acids is 6. The lowest BCUT2D eigenvalue weighted by Crippen LogP contribution is -2.42. The molecule has 9 aromatic rings. The molecular formula is C77H79ClF7N21O6. The van der Waals surface area contributed by atoms with E-state index in [-0.39, 0.29) is 105 Å². The fourth-order valence-corrected chi connectivity index (χ4v) is 16.8. The number of likely N-dealkylation sites (tertiary alicyclic amines) is 3. The van der Waals surface area contributed by atoms with Gasteiger partial charge in [-0.05, 0) is 153 Å². The van der Waals surface area contributed by atoms with Gasteiger partial charge in [-0.15, -0.1) is 0 Å². The molecule has 6 aliphatic rings. The lowest BCUT2D eigenvalue weighted by molar-refractivity contribution is -0.140. The normalized spacial score (nSPS) is 20.8. The second-order valence-electron chi connectivity index (χ2n) is 29.4. The average molecular weight is 1560 g/mol. The van der Waals surface area contributed by atoms with E-state index in [2.05, 4.69) is 61.1 Å². The largest absolute Gasteiger partial charge is 0.419 e. The smallest absolute Gasteiger partial charge is 0.383 e. The number of nitrogens with two attached hydrogens (primary N) is 5. The molecule has 0 unspecified atom stereocenters. The summed E-state index contributed by atoms with van der Waals surface area (Å²) in [6.45, 7) is 11.2. The van der Waals surface area contributed by atoms with Gasteiger partial charge in [0.25, 0.3) is 29.5 Å². The molecule has 35 heteroatoms. The van der Waals surface area contributed by atoms with Crippen LogP contribution in [0.5, 0.6) is 0 Å². The summed E-state index contributed by atoms with van der Waals surface area (Å²) in [7, 11) is 1.76. The Bertz CT molecular complexity index is 5330. The molecule has 15 rings (SSSR count). The molecule has 584 valence electrons. The van der Waals surface area contributed by atoms with Crippen LogP contribution in [-0.2, 0) is 46.4 Å². The highest BCUT2D eigenvalue weighted by Crippen LogP contribution is 2.58. The number of primary amides is 3. The Balaban J connectivity index is 0.000000147. The number of halogens is 8. The van der Waals surface area contributed by atoms with Gasteiger partial charge >= 0.3 is 12.4 Å². The zero-order valence-electron chi connectivity index (χ0n) is 61.1. The minimum absolute atomic E-state index is 0.00522. The van der Waals surface area contributed by atoms with Gasteiger partial charge in [-0.25, -0.2) is 18.4 Å². The van der Waals surface area contributed by atoms with Crippen molar-refractivity contribution >= 4 is 64.5 Å². The Hall–Kier alpha value is -12.2. The number of nitrogen functional groups attached to an aromatic ring is 2. The lowest BCUT2D eigenvalue weighted by Gasteiger charge is -2.45. The topological polar surface area (TPSA) is 361 Å². The van der Waals surface area contributed by atoms with Crippen molar-refractivity contribution in [3.8, 4) is 57.6 Å². The van der Waals surface area contributed by atoms with Crippen molar-refractivity contribution in [2.24, 2.45) is 33.4 Å². The molecule has 3 aliphatic heterocycles. The number of carbonyl (C=O) groups is 6. The van der Waals surface area contributed by atoms with Gasteiger partial charge in [0, 0.05) is 86.6 Å². The van der Waals surface area contributed by atoms with Gasteiger partial charge in [0.1, 0.15) is 62.7 Å². The number of hydrogen-bond donors (Lipinski definition) is 6. The molecule has 3 saturated carbocycles. The van der Waals surface area contributed by atoms with Crippen LogP contribution in [0, 0.1) is 45.7 Å². The first kappa shape index (κ1) is 77.9. The number of aromatic nitrogens is 12. The molecule has 3 aromatic carbocycles. The van der Waals surface area contributed by atoms with Gasteiger partial charge in [0.2, 0.25) is 5.91 Å². The van der Waals surface area contributed by atoms with Crippen molar-refractivity contribution in [1.29, 1.82) is 0 Å². The zero-order valence-corrected chi connectivity index (χ0v) is 61.9. The van der Waals surface area contributed by atoms with E-state index < -0.39 is 47.0 Å². The number of benzene rings is 3. The maximum atomic E-state index is 14.5. The maximum absolute atomic E-state index is 14.5. The summed E-state index contributed by atoms with van der Waals surface area (Å²) in [6.07, 6.45) is 7.29. The first-order valence-corrected chi connectivity index (χ1v) is 36.3. The predicted octanol–water partition coefficient (Wildman–Crippen LogP) is 9.61. The van der Waals surface area contributed by atoms with Gasteiger partial charge in [0.15, 0.2) is 0 Å². The molecule has 0 radical (unpaired) electrons. The highest BCUT2D eigenvalue weighted by molar-refractivity contribution is 6.30. The van der Waals surface area contributed by atoms with Crippen molar-refractivity contribution in [2.75, 3.05) is 63.1 Å². The third kappa shape index (κ3) is 15.7. The van der Waals surface area contributed by atoms with E-state index in [1.54, 1.807) is 69.3 Å². The van der Waals surface area contributed by atoms with Crippen molar-refractivity contribution in [2.45, 2.75) is 122 Å². The standard InChI is InChI=1S/C26H28ClN7O2.C26H26F3N7O2.C25H25F4N7O2/c1-3-5-21(35)32-9-8-26(16-32)11-20(12-26)34-25(29-2)22(24(28)36)23(31-34)18-13-30-33(15-18)14-17-6-4-7-19(27)10-17;1-2-4-20(37)34-10-8-25(15-34)12-18(13-25)36-23(30)21(24(31)38)22(33-36)19-7-9-35(32-19)14-16-5-3-6-17(11-16)26(27,28)29;1-2-18(37)34-7-6-24(13-34)8-16(9-24)36-22(30)19(23(31)38)21(33-36)15-10-32-35(12-15)11-14-4-3-5-17(20(14)26)25(27,28)29/h4,6-7,10,13,15,20,29H,8-9,11-12,14,16H2,1-2H3,(H2,28,36);3,5-7,9,11,18H,8,10,12-15,30H2,1H3,(H2,31,38);2-5,10,12,16H,1,6-9,11,13,30H2,(H2,31,38). The second kappa shape index (κ2) is 30.6. The Kier molecular flexibility index (Phi) is 21.3. The molecule has 3 spiro atoms. The van der Waals surface area contributed by atoms with Crippen LogP contribution in [0.2, 0.25) is 5.02 Å². The third-order valence-electron chi connectivity index (χ3n) is 21.9. The molecule has 27 nitrogen and oxygen atoms in total. The van der Waals surface area contributed by atoms with Gasteiger partial charge in [0.05, 0.1) is 61.3 Å². The number of alkyl halides is 6. The Morgan fingerprint density at radius 3 is 1.56 bits per heavy atom. The fraction of sp³-hybridized carbons (Fsp3) is 0.377. The summed E-state index contributed by atoms with van der Waals surface area (Å²) in [6, 6.07) is 17.2. The number of rotatable bonds is 17. The summed E-state index contributed by atoms with van der Waals surface area (Å²) in [5.41, 5.74) is 31.5. The van der Waals surface area contributed by atoms with Gasteiger partial charge in [-0.3, -0.25) is 42.8 Å². The molecule has 11 N–H and O–H groups in total. The second-order valence-corrected chi connectivity index (χ2v) is 29.9. The first-order valence-electron chi connectivity index (χ1n) is 35.9. The van der Waals surface area contributed by atoms with Crippen LogP contribution in [0.1, 0.15) is 149 Å². The molecular weight excluding hydrogens is 1480 g/mol. The van der Waals surface area contributed by atoms with E-state index in [1.807, 2.05) is 40.0 Å². The summed E-state index contributed by atoms with van der Waals surface area (Å²) in [5.74, 6) is 7.54.